The molecular weight excluding hydrogens is 364 g/mol. The quantitative estimate of drug-likeness (QED) is 0.676. The van der Waals surface area contributed by atoms with E-state index >= 15 is 0 Å². The topological polar surface area (TPSA) is 55.8 Å². The zero-order chi connectivity index (χ0) is 20.9. The normalized spacial score (nSPS) is 17.1. The summed E-state index contributed by atoms with van der Waals surface area (Å²) in [4.78, 5) is 11.9. The fourth-order valence-electron chi connectivity index (χ4n) is 3.35. The van der Waals surface area contributed by atoms with E-state index in [0.717, 1.165) is 22.5 Å². The van der Waals surface area contributed by atoms with Gasteiger partial charge in [-0.05, 0) is 28.2 Å². The van der Waals surface area contributed by atoms with Crippen LogP contribution in [0.1, 0.15) is 38.3 Å². The number of benzene rings is 2. The van der Waals surface area contributed by atoms with Crippen molar-refractivity contribution in [2.45, 2.75) is 46.5 Å². The highest BCUT2D eigenvalue weighted by Gasteiger charge is 2.33. The zero-order valence-electron chi connectivity index (χ0n) is 17.2. The smallest absolute Gasteiger partial charge is 0.334 e. The van der Waals surface area contributed by atoms with Gasteiger partial charge in [-0.3, -0.25) is 0 Å². The second kappa shape index (κ2) is 9.10. The number of aliphatic carboxylic acids is 1. The van der Waals surface area contributed by atoms with E-state index < -0.39 is 12.1 Å². The minimum atomic E-state index is -0.952. The van der Waals surface area contributed by atoms with Crippen LogP contribution in [0, 0.1) is 5.41 Å². The summed E-state index contributed by atoms with van der Waals surface area (Å²) in [6, 6.07) is 19.7. The van der Waals surface area contributed by atoms with Crippen molar-refractivity contribution in [2.75, 3.05) is 0 Å². The van der Waals surface area contributed by atoms with Gasteiger partial charge in [-0.1, -0.05) is 81.4 Å². The van der Waals surface area contributed by atoms with Gasteiger partial charge in [0.05, 0.1) is 18.3 Å². The number of carboxylic acid groups (broad SMARTS) is 1. The lowest BCUT2D eigenvalue weighted by molar-refractivity contribution is -0.134. The van der Waals surface area contributed by atoms with Gasteiger partial charge in [-0.2, -0.15) is 0 Å². The molecule has 0 saturated carbocycles. The van der Waals surface area contributed by atoms with Crippen molar-refractivity contribution in [2.24, 2.45) is 5.41 Å². The second-order valence-corrected chi connectivity index (χ2v) is 8.26. The molecule has 4 heteroatoms. The van der Waals surface area contributed by atoms with Crippen LogP contribution in [0.15, 0.2) is 83.6 Å². The molecule has 1 N–H and O–H groups in total. The molecule has 2 aromatic carbocycles. The molecule has 29 heavy (non-hydrogen) atoms. The van der Waals surface area contributed by atoms with Crippen LogP contribution in [0.25, 0.3) is 0 Å². The molecule has 0 heterocycles. The van der Waals surface area contributed by atoms with E-state index in [1.165, 1.54) is 0 Å². The van der Waals surface area contributed by atoms with Crippen LogP contribution >= 0.6 is 0 Å². The maximum absolute atomic E-state index is 11.9. The Morgan fingerprint density at radius 3 is 2.03 bits per heavy atom. The Labute approximate surface area is 172 Å². The molecule has 0 radical (unpaired) electrons. The van der Waals surface area contributed by atoms with E-state index in [4.69, 9.17) is 9.47 Å². The van der Waals surface area contributed by atoms with E-state index in [9.17, 15) is 9.90 Å². The number of carbonyl (C=O) groups is 1. The molecule has 152 valence electrons. The van der Waals surface area contributed by atoms with Crippen LogP contribution in [0.4, 0.5) is 0 Å². The highest BCUT2D eigenvalue weighted by atomic mass is 16.5. The monoisotopic (exact) mass is 392 g/mol. The molecule has 2 aromatic rings. The van der Waals surface area contributed by atoms with Crippen molar-refractivity contribution >= 4 is 5.97 Å². The van der Waals surface area contributed by atoms with Crippen LogP contribution in [0.3, 0.4) is 0 Å². The maximum atomic E-state index is 11.9. The first-order valence-electron chi connectivity index (χ1n) is 9.85. The van der Waals surface area contributed by atoms with E-state index in [1.54, 1.807) is 6.08 Å². The van der Waals surface area contributed by atoms with Crippen molar-refractivity contribution < 1.29 is 19.4 Å². The van der Waals surface area contributed by atoms with Crippen LogP contribution in [-0.2, 0) is 27.5 Å². The largest absolute Gasteiger partial charge is 0.493 e. The molecule has 0 bridgehead atoms. The molecule has 4 nitrogen and oxygen atoms in total. The maximum Gasteiger partial charge on any atom is 0.334 e. The second-order valence-electron chi connectivity index (χ2n) is 8.26. The van der Waals surface area contributed by atoms with Gasteiger partial charge in [0.25, 0.3) is 0 Å². The van der Waals surface area contributed by atoms with E-state index in [2.05, 4.69) is 20.8 Å². The molecule has 1 aliphatic rings. The van der Waals surface area contributed by atoms with Crippen LogP contribution in [-0.4, -0.2) is 17.2 Å². The van der Waals surface area contributed by atoms with Gasteiger partial charge in [-0.25, -0.2) is 4.79 Å². The molecule has 0 aliphatic heterocycles. The summed E-state index contributed by atoms with van der Waals surface area (Å²) < 4.78 is 12.2. The van der Waals surface area contributed by atoms with Gasteiger partial charge >= 0.3 is 5.97 Å². The summed E-state index contributed by atoms with van der Waals surface area (Å²) in [7, 11) is 0. The SMILES string of the molecule is CC(C)(C)C1=C(OCc2ccccc2)CC(OCc2ccccc2)C(C(=O)O)=C1. The third-order valence-corrected chi connectivity index (χ3v) is 4.92. The minimum Gasteiger partial charge on any atom is -0.493 e. The van der Waals surface area contributed by atoms with Gasteiger partial charge in [0.2, 0.25) is 0 Å². The Morgan fingerprint density at radius 1 is 0.966 bits per heavy atom. The third kappa shape index (κ3) is 5.58. The lowest BCUT2D eigenvalue weighted by Gasteiger charge is -2.32. The number of ether oxygens (including phenoxy) is 2. The van der Waals surface area contributed by atoms with Gasteiger partial charge in [0.1, 0.15) is 12.4 Å². The summed E-state index contributed by atoms with van der Waals surface area (Å²) in [5, 5.41) is 9.77. The molecule has 0 spiro atoms. The van der Waals surface area contributed by atoms with Gasteiger partial charge < -0.3 is 14.6 Å². The summed E-state index contributed by atoms with van der Waals surface area (Å²) in [5.74, 6) is -0.156. The van der Waals surface area contributed by atoms with Crippen LogP contribution in [0.5, 0.6) is 0 Å². The van der Waals surface area contributed by atoms with Gasteiger partial charge in [0.15, 0.2) is 0 Å². The molecule has 0 amide bonds. The highest BCUT2D eigenvalue weighted by molar-refractivity contribution is 5.89. The van der Waals surface area contributed by atoms with Gasteiger partial charge in [0, 0.05) is 6.42 Å². The first kappa shape index (κ1) is 20.9. The molecule has 3 rings (SSSR count). The van der Waals surface area contributed by atoms with Crippen LogP contribution in [0.2, 0.25) is 0 Å². The molecule has 1 unspecified atom stereocenters. The Bertz CT molecular complexity index is 889. The average molecular weight is 392 g/mol. The van der Waals surface area contributed by atoms with Crippen molar-refractivity contribution in [3.63, 3.8) is 0 Å². The van der Waals surface area contributed by atoms with Crippen molar-refractivity contribution in [1.29, 1.82) is 0 Å². The lowest BCUT2D eigenvalue weighted by Crippen LogP contribution is -2.29. The van der Waals surface area contributed by atoms with Crippen molar-refractivity contribution in [3.05, 3.63) is 94.8 Å². The summed E-state index contributed by atoms with van der Waals surface area (Å²) in [5.41, 5.74) is 3.03. The standard InChI is InChI=1S/C25H28O4/c1-25(2,3)21-14-20(24(26)27)22(28-16-18-10-6-4-7-11-18)15-23(21)29-17-19-12-8-5-9-13-19/h4-14,22H,15-17H2,1-3H3,(H,26,27). The molecule has 1 aliphatic carbocycles. The van der Waals surface area contributed by atoms with Crippen molar-refractivity contribution in [1.82, 2.24) is 0 Å². The summed E-state index contributed by atoms with van der Waals surface area (Å²) in [6.07, 6.45) is 1.59. The van der Waals surface area contributed by atoms with E-state index in [0.29, 0.717) is 19.6 Å². The fourth-order valence-corrected chi connectivity index (χ4v) is 3.35. The highest BCUT2D eigenvalue weighted by Crippen LogP contribution is 2.38. The van der Waals surface area contributed by atoms with Crippen molar-refractivity contribution in [3.8, 4) is 0 Å². The molecule has 0 saturated heterocycles. The van der Waals surface area contributed by atoms with E-state index in [-0.39, 0.29) is 11.0 Å². The Balaban J connectivity index is 1.84. The minimum absolute atomic E-state index is 0.239. The Kier molecular flexibility index (Phi) is 6.55. The lowest BCUT2D eigenvalue weighted by atomic mass is 9.80. The first-order valence-corrected chi connectivity index (χ1v) is 9.85. The van der Waals surface area contributed by atoms with Gasteiger partial charge in [-0.15, -0.1) is 0 Å². The number of rotatable bonds is 7. The Hall–Kier alpha value is -2.85. The Morgan fingerprint density at radius 2 is 1.52 bits per heavy atom. The number of hydrogen-bond donors (Lipinski definition) is 1. The van der Waals surface area contributed by atoms with Crippen LogP contribution < -0.4 is 0 Å². The zero-order valence-corrected chi connectivity index (χ0v) is 17.2. The number of hydrogen-bond acceptors (Lipinski definition) is 3. The summed E-state index contributed by atoms with van der Waals surface area (Å²) >= 11 is 0. The molecule has 0 aromatic heterocycles. The first-order chi connectivity index (χ1) is 13.8. The number of allylic oxidation sites excluding steroid dienone is 2. The predicted octanol–water partition coefficient (Wildman–Crippen LogP) is 5.50. The average Bonchev–Trinajstić information content (AvgIpc) is 2.71. The van der Waals surface area contributed by atoms with E-state index in [1.807, 2.05) is 60.7 Å². The molecule has 0 fully saturated rings. The summed E-state index contributed by atoms with van der Waals surface area (Å²) in [6.45, 7) is 6.99. The number of carboxylic acids is 1. The third-order valence-electron chi connectivity index (χ3n) is 4.92. The molecule has 1 atom stereocenters. The predicted molar refractivity (Wildman–Crippen MR) is 113 cm³/mol. The molecular formula is C25H28O4. The fraction of sp³-hybridized carbons (Fsp3) is 0.320.